The Morgan fingerprint density at radius 1 is 1.04 bits per heavy atom. The van der Waals surface area contributed by atoms with Crippen LogP contribution >= 0.6 is 0 Å². The summed E-state index contributed by atoms with van der Waals surface area (Å²) in [6.45, 7) is 4.15. The molecule has 0 bridgehead atoms. The SMILES string of the molecule is Cc1ccc(S(=O)(=O)OCC[C@H]2CC[C@@H](Oc3ncccc3C)CC2)cc1. The fourth-order valence-corrected chi connectivity index (χ4v) is 4.31. The van der Waals surface area contributed by atoms with Gasteiger partial charge in [0, 0.05) is 11.8 Å². The van der Waals surface area contributed by atoms with Crippen molar-refractivity contribution in [2.45, 2.75) is 57.0 Å². The first-order chi connectivity index (χ1) is 12.9. The van der Waals surface area contributed by atoms with Crippen LogP contribution in [0.2, 0.25) is 0 Å². The molecule has 0 spiro atoms. The van der Waals surface area contributed by atoms with Crippen molar-refractivity contribution in [1.82, 2.24) is 4.98 Å². The molecule has 1 fully saturated rings. The molecule has 27 heavy (non-hydrogen) atoms. The standard InChI is InChI=1S/C21H27NO4S/c1-16-5-11-20(12-6-16)27(23,24)25-15-13-18-7-9-19(10-8-18)26-21-17(2)4-3-14-22-21/h3-6,11-12,14,18-19H,7-10,13,15H2,1-2H3/t18-,19+. The maximum atomic E-state index is 12.2. The first-order valence-electron chi connectivity index (χ1n) is 9.48. The van der Waals surface area contributed by atoms with E-state index in [1.807, 2.05) is 26.0 Å². The van der Waals surface area contributed by atoms with E-state index in [2.05, 4.69) is 4.98 Å². The van der Waals surface area contributed by atoms with Gasteiger partial charge in [-0.2, -0.15) is 8.42 Å². The lowest BCUT2D eigenvalue weighted by molar-refractivity contribution is 0.117. The van der Waals surface area contributed by atoms with Gasteiger partial charge in [0.25, 0.3) is 10.1 Å². The van der Waals surface area contributed by atoms with Gasteiger partial charge in [0.1, 0.15) is 6.10 Å². The lowest BCUT2D eigenvalue weighted by atomic mass is 9.85. The van der Waals surface area contributed by atoms with Gasteiger partial charge in [-0.25, -0.2) is 4.98 Å². The van der Waals surface area contributed by atoms with Crippen molar-refractivity contribution in [2.24, 2.45) is 5.92 Å². The second kappa shape index (κ2) is 8.85. The predicted octanol–water partition coefficient (Wildman–Crippen LogP) is 4.43. The Labute approximate surface area is 161 Å². The topological polar surface area (TPSA) is 65.5 Å². The molecule has 146 valence electrons. The Morgan fingerprint density at radius 2 is 1.74 bits per heavy atom. The number of nitrogens with zero attached hydrogens (tertiary/aromatic N) is 1. The van der Waals surface area contributed by atoms with Crippen LogP contribution in [-0.4, -0.2) is 26.1 Å². The molecule has 1 aliphatic carbocycles. The fraction of sp³-hybridized carbons (Fsp3) is 0.476. The molecule has 0 saturated heterocycles. The monoisotopic (exact) mass is 389 g/mol. The van der Waals surface area contributed by atoms with Crippen molar-refractivity contribution < 1.29 is 17.3 Å². The van der Waals surface area contributed by atoms with Crippen LogP contribution in [0.3, 0.4) is 0 Å². The third-order valence-electron chi connectivity index (χ3n) is 5.11. The van der Waals surface area contributed by atoms with Gasteiger partial charge in [-0.3, -0.25) is 4.18 Å². The summed E-state index contributed by atoms with van der Waals surface area (Å²) in [7, 11) is -3.67. The summed E-state index contributed by atoms with van der Waals surface area (Å²) in [5, 5.41) is 0. The molecule has 1 heterocycles. The van der Waals surface area contributed by atoms with Crippen molar-refractivity contribution in [1.29, 1.82) is 0 Å². The number of benzene rings is 1. The zero-order valence-electron chi connectivity index (χ0n) is 15.9. The fourth-order valence-electron chi connectivity index (χ4n) is 3.39. The smallest absolute Gasteiger partial charge is 0.296 e. The van der Waals surface area contributed by atoms with Gasteiger partial charge < -0.3 is 4.74 Å². The molecule has 0 aliphatic heterocycles. The summed E-state index contributed by atoms with van der Waals surface area (Å²) >= 11 is 0. The van der Waals surface area contributed by atoms with Crippen molar-refractivity contribution in [3.63, 3.8) is 0 Å². The maximum Gasteiger partial charge on any atom is 0.296 e. The summed E-state index contributed by atoms with van der Waals surface area (Å²) in [6, 6.07) is 10.6. The molecule has 5 nitrogen and oxygen atoms in total. The molecule has 0 atom stereocenters. The largest absolute Gasteiger partial charge is 0.474 e. The van der Waals surface area contributed by atoms with E-state index in [0.717, 1.165) is 43.2 Å². The summed E-state index contributed by atoms with van der Waals surface area (Å²) in [5.41, 5.74) is 2.07. The van der Waals surface area contributed by atoms with E-state index < -0.39 is 10.1 Å². The average molecular weight is 390 g/mol. The third-order valence-corrected chi connectivity index (χ3v) is 6.43. The number of pyridine rings is 1. The van der Waals surface area contributed by atoms with Gasteiger partial charge in [0.15, 0.2) is 0 Å². The Kier molecular flexibility index (Phi) is 6.50. The van der Waals surface area contributed by atoms with Crippen molar-refractivity contribution in [2.75, 3.05) is 6.61 Å². The summed E-state index contributed by atoms with van der Waals surface area (Å²) in [6.07, 6.45) is 6.65. The minimum atomic E-state index is -3.67. The molecule has 2 aromatic rings. The van der Waals surface area contributed by atoms with E-state index in [9.17, 15) is 8.42 Å². The van der Waals surface area contributed by atoms with Gasteiger partial charge in [0.05, 0.1) is 11.5 Å². The van der Waals surface area contributed by atoms with Gasteiger partial charge in [0.2, 0.25) is 5.88 Å². The molecule has 0 N–H and O–H groups in total. The molecule has 1 aromatic heterocycles. The summed E-state index contributed by atoms with van der Waals surface area (Å²) in [5.74, 6) is 1.19. The molecule has 1 aliphatic rings. The minimum absolute atomic E-state index is 0.187. The van der Waals surface area contributed by atoms with Crippen LogP contribution in [0, 0.1) is 19.8 Å². The van der Waals surface area contributed by atoms with Gasteiger partial charge >= 0.3 is 0 Å². The molecule has 0 radical (unpaired) electrons. The molecule has 6 heteroatoms. The highest BCUT2D eigenvalue weighted by Gasteiger charge is 2.24. The van der Waals surface area contributed by atoms with E-state index in [1.54, 1.807) is 30.5 Å². The highest BCUT2D eigenvalue weighted by molar-refractivity contribution is 7.86. The van der Waals surface area contributed by atoms with Crippen molar-refractivity contribution in [3.05, 3.63) is 53.7 Å². The quantitative estimate of drug-likeness (QED) is 0.655. The highest BCUT2D eigenvalue weighted by atomic mass is 32.2. The van der Waals surface area contributed by atoms with Crippen LogP contribution in [0.1, 0.15) is 43.2 Å². The lowest BCUT2D eigenvalue weighted by Crippen LogP contribution is -2.25. The first-order valence-corrected chi connectivity index (χ1v) is 10.9. The van der Waals surface area contributed by atoms with Crippen LogP contribution in [0.4, 0.5) is 0 Å². The normalized spacial score (nSPS) is 20.4. The molecule has 0 amide bonds. The average Bonchev–Trinajstić information content (AvgIpc) is 2.65. The zero-order chi connectivity index (χ0) is 19.3. The van der Waals surface area contributed by atoms with E-state index in [1.165, 1.54) is 0 Å². The number of aryl methyl sites for hydroxylation is 2. The molecular formula is C21H27NO4S. The zero-order valence-corrected chi connectivity index (χ0v) is 16.7. The van der Waals surface area contributed by atoms with Crippen LogP contribution in [0.15, 0.2) is 47.5 Å². The molecular weight excluding hydrogens is 362 g/mol. The number of rotatable bonds is 7. The predicted molar refractivity (Wildman–Crippen MR) is 104 cm³/mol. The van der Waals surface area contributed by atoms with Gasteiger partial charge in [-0.1, -0.05) is 23.8 Å². The molecule has 1 saturated carbocycles. The number of hydrogen-bond donors (Lipinski definition) is 0. The van der Waals surface area contributed by atoms with Gasteiger partial charge in [-0.05, 0) is 70.1 Å². The van der Waals surface area contributed by atoms with E-state index in [0.29, 0.717) is 11.8 Å². The van der Waals surface area contributed by atoms with Crippen LogP contribution in [0.5, 0.6) is 5.88 Å². The molecule has 1 aromatic carbocycles. The van der Waals surface area contributed by atoms with Crippen molar-refractivity contribution >= 4 is 10.1 Å². The second-order valence-corrected chi connectivity index (χ2v) is 8.88. The number of aromatic nitrogens is 1. The summed E-state index contributed by atoms with van der Waals surface area (Å²) in [4.78, 5) is 4.51. The Bertz CT molecular complexity index is 841. The Balaban J connectivity index is 1.42. The minimum Gasteiger partial charge on any atom is -0.474 e. The number of ether oxygens (including phenoxy) is 1. The lowest BCUT2D eigenvalue weighted by Gasteiger charge is -2.28. The highest BCUT2D eigenvalue weighted by Crippen LogP contribution is 2.30. The third kappa shape index (κ3) is 5.53. The van der Waals surface area contributed by atoms with Crippen molar-refractivity contribution in [3.8, 4) is 5.88 Å². The summed E-state index contributed by atoms with van der Waals surface area (Å²) < 4.78 is 35.7. The molecule has 0 unspecified atom stereocenters. The van der Waals surface area contributed by atoms with Crippen LogP contribution in [-0.2, 0) is 14.3 Å². The van der Waals surface area contributed by atoms with E-state index in [-0.39, 0.29) is 17.6 Å². The van der Waals surface area contributed by atoms with E-state index >= 15 is 0 Å². The first kappa shape index (κ1) is 19.8. The maximum absolute atomic E-state index is 12.2. The Morgan fingerprint density at radius 3 is 2.41 bits per heavy atom. The Hall–Kier alpha value is -1.92. The van der Waals surface area contributed by atoms with Crippen LogP contribution in [0.25, 0.3) is 0 Å². The number of hydrogen-bond acceptors (Lipinski definition) is 5. The second-order valence-electron chi connectivity index (χ2n) is 7.26. The van der Waals surface area contributed by atoms with Gasteiger partial charge in [-0.15, -0.1) is 0 Å². The molecule has 3 rings (SSSR count). The van der Waals surface area contributed by atoms with Crippen LogP contribution < -0.4 is 4.74 Å². The van der Waals surface area contributed by atoms with E-state index in [4.69, 9.17) is 8.92 Å².